The van der Waals surface area contributed by atoms with Gasteiger partial charge in [0.2, 0.25) is 0 Å². The van der Waals surface area contributed by atoms with Crippen molar-refractivity contribution in [2.75, 3.05) is 26.5 Å². The Morgan fingerprint density at radius 3 is 2.22 bits per heavy atom. The quantitative estimate of drug-likeness (QED) is 0.695. The van der Waals surface area contributed by atoms with E-state index in [1.54, 1.807) is 0 Å². The highest BCUT2D eigenvalue weighted by atomic mass is 19.1. The zero-order chi connectivity index (χ0) is 19.2. The van der Waals surface area contributed by atoms with Crippen LogP contribution in [0.3, 0.4) is 0 Å². The fourth-order valence-electron chi connectivity index (χ4n) is 3.21. The molecule has 2 aromatic carbocycles. The molecule has 0 unspecified atom stereocenters. The van der Waals surface area contributed by atoms with Crippen molar-refractivity contribution in [1.29, 1.82) is 0 Å². The van der Waals surface area contributed by atoms with Crippen LogP contribution in [0.1, 0.15) is 17.0 Å². The largest absolute Gasteiger partial charge is 0.480 e. The number of carbonyl (C=O) groups excluding carboxylic acids is 1. The van der Waals surface area contributed by atoms with Gasteiger partial charge in [-0.25, -0.2) is 14.0 Å². The third-order valence-corrected chi connectivity index (χ3v) is 4.44. The normalized spacial score (nSPS) is 13.5. The number of hydrogen-bond acceptors (Lipinski definition) is 4. The molecule has 1 aliphatic carbocycles. The van der Waals surface area contributed by atoms with E-state index in [-0.39, 0.29) is 25.7 Å². The topological polar surface area (TPSA) is 84.9 Å². The Morgan fingerprint density at radius 1 is 1.07 bits per heavy atom. The molecule has 2 N–H and O–H groups in total. The van der Waals surface area contributed by atoms with Crippen molar-refractivity contribution in [3.05, 3.63) is 59.7 Å². The average Bonchev–Trinajstić information content (AvgIpc) is 2.99. The van der Waals surface area contributed by atoms with Crippen LogP contribution in [0.5, 0.6) is 0 Å². The van der Waals surface area contributed by atoms with Crippen molar-refractivity contribution in [2.45, 2.75) is 12.0 Å². The molecule has 0 aliphatic heterocycles. The number of fused-ring (bicyclic) bond motifs is 3. The minimum absolute atomic E-state index is 0.0809. The Hall–Kier alpha value is -2.93. The van der Waals surface area contributed by atoms with Crippen molar-refractivity contribution in [1.82, 2.24) is 5.32 Å². The molecule has 27 heavy (non-hydrogen) atoms. The van der Waals surface area contributed by atoms with Crippen molar-refractivity contribution in [3.8, 4) is 11.1 Å². The first-order valence-electron chi connectivity index (χ1n) is 8.60. The van der Waals surface area contributed by atoms with Crippen molar-refractivity contribution >= 4 is 12.1 Å². The number of ether oxygens (including phenoxy) is 2. The first kappa shape index (κ1) is 18.8. The van der Waals surface area contributed by atoms with Crippen LogP contribution in [0.15, 0.2) is 48.5 Å². The van der Waals surface area contributed by atoms with Crippen LogP contribution in [0, 0.1) is 0 Å². The van der Waals surface area contributed by atoms with Gasteiger partial charge in [0.15, 0.2) is 6.04 Å². The number of carbonyl (C=O) groups is 2. The van der Waals surface area contributed by atoms with E-state index in [0.717, 1.165) is 22.3 Å². The molecule has 0 saturated carbocycles. The van der Waals surface area contributed by atoms with Gasteiger partial charge in [0.05, 0.1) is 13.2 Å². The van der Waals surface area contributed by atoms with Crippen molar-refractivity contribution in [3.63, 3.8) is 0 Å². The fourth-order valence-corrected chi connectivity index (χ4v) is 3.21. The Balaban J connectivity index is 1.64. The van der Waals surface area contributed by atoms with Gasteiger partial charge in [-0.05, 0) is 22.3 Å². The number of carboxylic acids is 1. The lowest BCUT2D eigenvalue weighted by Crippen LogP contribution is -2.44. The first-order valence-corrected chi connectivity index (χ1v) is 8.60. The number of benzene rings is 2. The molecule has 0 radical (unpaired) electrons. The second kappa shape index (κ2) is 8.64. The molecule has 2 aromatic rings. The van der Waals surface area contributed by atoms with Gasteiger partial charge in [-0.1, -0.05) is 48.5 Å². The minimum atomic E-state index is -1.30. The molecule has 7 heteroatoms. The third kappa shape index (κ3) is 4.25. The number of nitrogens with one attached hydrogen (secondary N) is 1. The molecule has 3 rings (SSSR count). The van der Waals surface area contributed by atoms with E-state index < -0.39 is 24.8 Å². The number of aliphatic carboxylic acids is 1. The maximum atomic E-state index is 12.1. The van der Waals surface area contributed by atoms with E-state index in [0.29, 0.717) is 0 Å². The van der Waals surface area contributed by atoms with Gasteiger partial charge in [-0.15, -0.1) is 0 Å². The summed E-state index contributed by atoms with van der Waals surface area (Å²) >= 11 is 0. The van der Waals surface area contributed by atoms with E-state index in [4.69, 9.17) is 14.6 Å². The first-order chi connectivity index (χ1) is 13.1. The average molecular weight is 373 g/mol. The standard InChI is InChI=1S/C20H20FNO5/c21-9-10-26-12-18(19(23)24)22-20(25)27-11-17-15-7-3-1-5-13(15)14-6-2-4-8-16(14)17/h1-8,17-18H,9-12H2,(H,22,25)(H,23,24)/t18-/m1/s1. The number of amides is 1. The molecular formula is C20H20FNO5. The summed E-state index contributed by atoms with van der Waals surface area (Å²) in [6, 6.07) is 14.5. The van der Waals surface area contributed by atoms with E-state index in [1.165, 1.54) is 0 Å². The Labute approximate surface area is 155 Å². The minimum Gasteiger partial charge on any atom is -0.480 e. The molecule has 0 aromatic heterocycles. The lowest BCUT2D eigenvalue weighted by Gasteiger charge is -2.17. The second-order valence-electron chi connectivity index (χ2n) is 6.12. The summed E-state index contributed by atoms with van der Waals surface area (Å²) in [5.74, 6) is -1.39. The highest BCUT2D eigenvalue weighted by molar-refractivity contribution is 5.81. The molecule has 6 nitrogen and oxygen atoms in total. The summed E-state index contributed by atoms with van der Waals surface area (Å²) in [5, 5.41) is 11.4. The Bertz CT molecular complexity index is 780. The summed E-state index contributed by atoms with van der Waals surface area (Å²) in [6.07, 6.45) is -0.854. The van der Waals surface area contributed by atoms with E-state index in [2.05, 4.69) is 5.32 Å². The summed E-state index contributed by atoms with van der Waals surface area (Å²) in [4.78, 5) is 23.2. The molecule has 1 amide bonds. The lowest BCUT2D eigenvalue weighted by molar-refractivity contribution is -0.141. The Kier molecular flexibility index (Phi) is 6.03. The number of rotatable bonds is 8. The zero-order valence-electron chi connectivity index (χ0n) is 14.6. The molecule has 1 atom stereocenters. The molecule has 142 valence electrons. The van der Waals surface area contributed by atoms with Crippen molar-refractivity contribution < 1.29 is 28.6 Å². The van der Waals surface area contributed by atoms with E-state index >= 15 is 0 Å². The number of hydrogen-bond donors (Lipinski definition) is 2. The molecule has 0 fully saturated rings. The van der Waals surface area contributed by atoms with Gasteiger partial charge < -0.3 is 19.9 Å². The summed E-state index contributed by atoms with van der Waals surface area (Å²) in [6.45, 7) is -1.20. The number of carboxylic acid groups (broad SMARTS) is 1. The SMILES string of the molecule is O=C(N[C@H](COCCF)C(=O)O)OCC1c2ccccc2-c2ccccc21. The molecule has 0 spiro atoms. The highest BCUT2D eigenvalue weighted by Gasteiger charge is 2.29. The smallest absolute Gasteiger partial charge is 0.407 e. The van der Waals surface area contributed by atoms with Crippen LogP contribution < -0.4 is 5.32 Å². The summed E-state index contributed by atoms with van der Waals surface area (Å²) in [7, 11) is 0. The second-order valence-corrected chi connectivity index (χ2v) is 6.12. The Morgan fingerprint density at radius 2 is 1.67 bits per heavy atom. The maximum absolute atomic E-state index is 12.1. The fraction of sp³-hybridized carbons (Fsp3) is 0.300. The monoisotopic (exact) mass is 373 g/mol. The lowest BCUT2D eigenvalue weighted by atomic mass is 9.98. The van der Waals surface area contributed by atoms with Crippen LogP contribution in [-0.4, -0.2) is 49.7 Å². The third-order valence-electron chi connectivity index (χ3n) is 4.44. The molecule has 0 heterocycles. The van der Waals surface area contributed by atoms with Crippen LogP contribution in [0.2, 0.25) is 0 Å². The van der Waals surface area contributed by atoms with Crippen LogP contribution >= 0.6 is 0 Å². The van der Waals surface area contributed by atoms with Gasteiger partial charge >= 0.3 is 12.1 Å². The number of alkyl halides is 1. The predicted octanol–water partition coefficient (Wildman–Crippen LogP) is 2.96. The zero-order valence-corrected chi connectivity index (χ0v) is 14.6. The number of halogens is 1. The van der Waals surface area contributed by atoms with Gasteiger partial charge in [0, 0.05) is 5.92 Å². The van der Waals surface area contributed by atoms with Gasteiger partial charge in [-0.2, -0.15) is 0 Å². The molecular weight excluding hydrogens is 353 g/mol. The van der Waals surface area contributed by atoms with Crippen LogP contribution in [0.4, 0.5) is 9.18 Å². The molecule has 1 aliphatic rings. The predicted molar refractivity (Wildman–Crippen MR) is 96.4 cm³/mol. The maximum Gasteiger partial charge on any atom is 0.407 e. The van der Waals surface area contributed by atoms with Crippen LogP contribution in [0.25, 0.3) is 11.1 Å². The van der Waals surface area contributed by atoms with Gasteiger partial charge in [0.25, 0.3) is 0 Å². The van der Waals surface area contributed by atoms with Gasteiger partial charge in [0.1, 0.15) is 13.3 Å². The van der Waals surface area contributed by atoms with Crippen LogP contribution in [-0.2, 0) is 14.3 Å². The van der Waals surface area contributed by atoms with Crippen molar-refractivity contribution in [2.24, 2.45) is 0 Å². The highest BCUT2D eigenvalue weighted by Crippen LogP contribution is 2.44. The van der Waals surface area contributed by atoms with Gasteiger partial charge in [-0.3, -0.25) is 0 Å². The summed E-state index contributed by atoms with van der Waals surface area (Å²) < 4.78 is 22.2. The number of alkyl carbamates (subject to hydrolysis) is 1. The van der Waals surface area contributed by atoms with E-state index in [1.807, 2.05) is 48.5 Å². The van der Waals surface area contributed by atoms with E-state index in [9.17, 15) is 14.0 Å². The molecule has 0 saturated heterocycles. The molecule has 0 bridgehead atoms. The summed E-state index contributed by atoms with van der Waals surface area (Å²) in [5.41, 5.74) is 4.33.